The fourth-order valence-electron chi connectivity index (χ4n) is 1.67. The monoisotopic (exact) mass is 278 g/mol. The van der Waals surface area contributed by atoms with Gasteiger partial charge < -0.3 is 5.11 Å². The standard InChI is InChI=1S/C12H14N4O2S/c1-3-10-14-15-12(19-7-11(17)18)16(10)9-4-8(2)5-13-6-9/h4-6H,3,7H2,1-2H3,(H,17,18). The molecule has 0 atom stereocenters. The number of aryl methyl sites for hydroxylation is 2. The second kappa shape index (κ2) is 5.83. The summed E-state index contributed by atoms with van der Waals surface area (Å²) in [6, 6.07) is 1.97. The molecule has 0 aromatic carbocycles. The first-order chi connectivity index (χ1) is 9.11. The van der Waals surface area contributed by atoms with Gasteiger partial charge in [0.05, 0.1) is 17.6 Å². The van der Waals surface area contributed by atoms with Crippen molar-refractivity contribution < 1.29 is 9.90 Å². The third-order valence-electron chi connectivity index (χ3n) is 2.46. The average Bonchev–Trinajstić information content (AvgIpc) is 2.79. The highest BCUT2D eigenvalue weighted by Crippen LogP contribution is 2.22. The Bertz CT molecular complexity index is 597. The summed E-state index contributed by atoms with van der Waals surface area (Å²) in [4.78, 5) is 14.8. The molecular weight excluding hydrogens is 264 g/mol. The fraction of sp³-hybridized carbons (Fsp3) is 0.333. The quantitative estimate of drug-likeness (QED) is 0.839. The van der Waals surface area contributed by atoms with Crippen LogP contribution in [0.3, 0.4) is 0 Å². The number of pyridine rings is 1. The van der Waals surface area contributed by atoms with E-state index in [-0.39, 0.29) is 5.75 Å². The molecule has 1 N–H and O–H groups in total. The molecular formula is C12H14N4O2S. The lowest BCUT2D eigenvalue weighted by Gasteiger charge is -2.08. The maximum Gasteiger partial charge on any atom is 0.313 e. The van der Waals surface area contributed by atoms with E-state index >= 15 is 0 Å². The lowest BCUT2D eigenvalue weighted by atomic mass is 10.3. The van der Waals surface area contributed by atoms with Crippen molar-refractivity contribution in [2.45, 2.75) is 25.4 Å². The van der Waals surface area contributed by atoms with Crippen molar-refractivity contribution in [3.63, 3.8) is 0 Å². The number of hydrogen-bond donors (Lipinski definition) is 1. The number of rotatable bonds is 5. The Kier molecular flexibility index (Phi) is 4.16. The Hall–Kier alpha value is -1.89. The molecule has 0 aliphatic rings. The van der Waals surface area contributed by atoms with Crippen LogP contribution in [0.1, 0.15) is 18.3 Å². The number of carboxylic acids is 1. The van der Waals surface area contributed by atoms with Crippen LogP contribution in [-0.2, 0) is 11.2 Å². The molecule has 0 spiro atoms. The number of aliphatic carboxylic acids is 1. The molecule has 7 heteroatoms. The van der Waals surface area contributed by atoms with Gasteiger partial charge in [-0.3, -0.25) is 14.3 Å². The fourth-order valence-corrected chi connectivity index (χ4v) is 2.36. The van der Waals surface area contributed by atoms with Crippen LogP contribution < -0.4 is 0 Å². The molecule has 0 unspecified atom stereocenters. The van der Waals surface area contributed by atoms with Crippen molar-refractivity contribution >= 4 is 17.7 Å². The van der Waals surface area contributed by atoms with Gasteiger partial charge in [-0.05, 0) is 18.6 Å². The molecule has 0 saturated carbocycles. The Morgan fingerprint density at radius 2 is 2.21 bits per heavy atom. The summed E-state index contributed by atoms with van der Waals surface area (Å²) in [6.45, 7) is 3.94. The Labute approximate surface area is 114 Å². The molecule has 0 saturated heterocycles. The van der Waals surface area contributed by atoms with Gasteiger partial charge in [-0.2, -0.15) is 0 Å². The van der Waals surface area contributed by atoms with Crippen molar-refractivity contribution in [3.05, 3.63) is 29.8 Å². The first-order valence-corrected chi connectivity index (χ1v) is 6.81. The Morgan fingerprint density at radius 3 is 2.84 bits per heavy atom. The van der Waals surface area contributed by atoms with Crippen LogP contribution in [0.5, 0.6) is 0 Å². The Balaban J connectivity index is 2.41. The molecule has 0 radical (unpaired) electrons. The van der Waals surface area contributed by atoms with Gasteiger partial charge in [-0.15, -0.1) is 10.2 Å². The van der Waals surface area contributed by atoms with Crippen LogP contribution in [0.4, 0.5) is 0 Å². The van der Waals surface area contributed by atoms with Gasteiger partial charge in [0.2, 0.25) is 0 Å². The van der Waals surface area contributed by atoms with Crippen molar-refractivity contribution in [3.8, 4) is 5.69 Å². The third-order valence-corrected chi connectivity index (χ3v) is 3.37. The second-order valence-electron chi connectivity index (χ2n) is 3.99. The van der Waals surface area contributed by atoms with Crippen LogP contribution in [0, 0.1) is 6.92 Å². The van der Waals surface area contributed by atoms with Crippen LogP contribution >= 0.6 is 11.8 Å². The number of carboxylic acid groups (broad SMARTS) is 1. The summed E-state index contributed by atoms with van der Waals surface area (Å²) in [6.07, 6.45) is 4.21. The number of thioether (sulfide) groups is 1. The third kappa shape index (κ3) is 3.11. The summed E-state index contributed by atoms with van der Waals surface area (Å²) in [5.74, 6) is -0.124. The van der Waals surface area contributed by atoms with Crippen molar-refractivity contribution in [1.29, 1.82) is 0 Å². The van der Waals surface area contributed by atoms with Crippen LogP contribution in [0.2, 0.25) is 0 Å². The van der Waals surface area contributed by atoms with Gasteiger partial charge in [-0.1, -0.05) is 18.7 Å². The molecule has 6 nitrogen and oxygen atoms in total. The lowest BCUT2D eigenvalue weighted by molar-refractivity contribution is -0.133. The minimum absolute atomic E-state index is 0.0406. The number of carbonyl (C=O) groups is 1. The molecule has 2 heterocycles. The summed E-state index contributed by atoms with van der Waals surface area (Å²) < 4.78 is 1.85. The zero-order valence-corrected chi connectivity index (χ0v) is 11.5. The summed E-state index contributed by atoms with van der Waals surface area (Å²) in [7, 11) is 0. The van der Waals surface area contributed by atoms with E-state index in [9.17, 15) is 4.79 Å². The maximum absolute atomic E-state index is 10.7. The Morgan fingerprint density at radius 1 is 1.42 bits per heavy atom. The van der Waals surface area contributed by atoms with Crippen LogP contribution in [0.25, 0.3) is 5.69 Å². The van der Waals surface area contributed by atoms with E-state index < -0.39 is 5.97 Å². The van der Waals surface area contributed by atoms with Gasteiger partial charge >= 0.3 is 5.97 Å². The molecule has 2 rings (SSSR count). The normalized spacial score (nSPS) is 10.6. The first kappa shape index (κ1) is 13.5. The van der Waals surface area contributed by atoms with E-state index in [4.69, 9.17) is 5.11 Å². The largest absolute Gasteiger partial charge is 0.481 e. The number of nitrogens with zero attached hydrogens (tertiary/aromatic N) is 4. The van der Waals surface area contributed by atoms with Crippen molar-refractivity contribution in [2.75, 3.05) is 5.75 Å². The van der Waals surface area contributed by atoms with Gasteiger partial charge in [0, 0.05) is 12.6 Å². The molecule has 0 aliphatic heterocycles. The molecule has 2 aromatic heterocycles. The maximum atomic E-state index is 10.7. The zero-order valence-electron chi connectivity index (χ0n) is 10.7. The van der Waals surface area contributed by atoms with Crippen molar-refractivity contribution in [1.82, 2.24) is 19.7 Å². The van der Waals surface area contributed by atoms with E-state index in [0.29, 0.717) is 11.6 Å². The smallest absolute Gasteiger partial charge is 0.313 e. The van der Waals surface area contributed by atoms with Crippen LogP contribution in [-0.4, -0.2) is 36.6 Å². The molecule has 19 heavy (non-hydrogen) atoms. The van der Waals surface area contributed by atoms with Gasteiger partial charge in [0.25, 0.3) is 0 Å². The summed E-state index contributed by atoms with van der Waals surface area (Å²) in [5.41, 5.74) is 1.89. The molecule has 0 aliphatic carbocycles. The van der Waals surface area contributed by atoms with E-state index in [1.807, 2.05) is 24.5 Å². The molecule has 0 bridgehead atoms. The lowest BCUT2D eigenvalue weighted by Crippen LogP contribution is -2.05. The predicted molar refractivity (Wildman–Crippen MR) is 71.6 cm³/mol. The van der Waals surface area contributed by atoms with E-state index in [1.54, 1.807) is 12.4 Å². The summed E-state index contributed by atoms with van der Waals surface area (Å²) >= 11 is 1.15. The zero-order chi connectivity index (χ0) is 13.8. The highest BCUT2D eigenvalue weighted by Gasteiger charge is 2.14. The van der Waals surface area contributed by atoms with Gasteiger partial charge in [0.15, 0.2) is 5.16 Å². The van der Waals surface area contributed by atoms with E-state index in [1.165, 1.54) is 0 Å². The van der Waals surface area contributed by atoms with Crippen LogP contribution in [0.15, 0.2) is 23.6 Å². The molecule has 2 aromatic rings. The molecule has 100 valence electrons. The highest BCUT2D eigenvalue weighted by atomic mass is 32.2. The molecule has 0 amide bonds. The van der Waals surface area contributed by atoms with E-state index in [2.05, 4.69) is 15.2 Å². The van der Waals surface area contributed by atoms with Gasteiger partial charge in [-0.25, -0.2) is 0 Å². The summed E-state index contributed by atoms with van der Waals surface area (Å²) in [5, 5.41) is 17.5. The first-order valence-electron chi connectivity index (χ1n) is 5.82. The highest BCUT2D eigenvalue weighted by molar-refractivity contribution is 7.99. The van der Waals surface area contributed by atoms with Gasteiger partial charge in [0.1, 0.15) is 5.82 Å². The molecule has 0 fully saturated rings. The second-order valence-corrected chi connectivity index (χ2v) is 4.93. The number of aromatic nitrogens is 4. The van der Waals surface area contributed by atoms with Crippen molar-refractivity contribution in [2.24, 2.45) is 0 Å². The van der Waals surface area contributed by atoms with E-state index in [0.717, 1.165) is 28.8 Å². The SMILES string of the molecule is CCc1nnc(SCC(=O)O)n1-c1cncc(C)c1. The predicted octanol–water partition coefficient (Wildman–Crippen LogP) is 1.71. The minimum Gasteiger partial charge on any atom is -0.481 e. The minimum atomic E-state index is -0.875. The average molecular weight is 278 g/mol. The number of hydrogen-bond acceptors (Lipinski definition) is 5. The topological polar surface area (TPSA) is 80.9 Å².